The lowest BCUT2D eigenvalue weighted by molar-refractivity contribution is -0.131. The summed E-state index contributed by atoms with van der Waals surface area (Å²) in [6, 6.07) is 0. The van der Waals surface area contributed by atoms with E-state index >= 15 is 0 Å². The highest BCUT2D eigenvalue weighted by atomic mass is 16.4. The summed E-state index contributed by atoms with van der Waals surface area (Å²) in [4.78, 5) is 10.8. The standard InChI is InChI=1S/C21H34O2/c1-14(13-19(22)23)7-9-17-15(2)8-10-18-20(4,5)16(3)11-12-21(17,18)6/h13,16-18H,2,7-12H2,1,3-6H3,(H,22,23)/b14-13+/t16-,17-,18-,21+/m0/s1. The van der Waals surface area contributed by atoms with Gasteiger partial charge in [-0.3, -0.25) is 0 Å². The molecule has 0 saturated heterocycles. The average Bonchev–Trinajstić information content (AvgIpc) is 2.42. The van der Waals surface area contributed by atoms with Gasteiger partial charge in [-0.05, 0) is 74.0 Å². The van der Waals surface area contributed by atoms with E-state index < -0.39 is 5.97 Å². The highest BCUT2D eigenvalue weighted by Gasteiger charge is 2.54. The lowest BCUT2D eigenvalue weighted by atomic mass is 9.45. The zero-order valence-corrected chi connectivity index (χ0v) is 15.6. The van der Waals surface area contributed by atoms with Crippen LogP contribution in [0.2, 0.25) is 0 Å². The van der Waals surface area contributed by atoms with Gasteiger partial charge in [-0.2, -0.15) is 0 Å². The molecule has 0 unspecified atom stereocenters. The Balaban J connectivity index is 2.21. The fourth-order valence-corrected chi connectivity index (χ4v) is 5.54. The summed E-state index contributed by atoms with van der Waals surface area (Å²) in [5.41, 5.74) is 3.09. The largest absolute Gasteiger partial charge is 0.478 e. The van der Waals surface area contributed by atoms with E-state index in [-0.39, 0.29) is 0 Å². The number of carbonyl (C=O) groups is 1. The maximum atomic E-state index is 10.8. The molecular weight excluding hydrogens is 284 g/mol. The number of hydrogen-bond acceptors (Lipinski definition) is 1. The fraction of sp³-hybridized carbons (Fsp3) is 0.762. The Hall–Kier alpha value is -1.05. The molecule has 0 amide bonds. The first-order valence-electron chi connectivity index (χ1n) is 9.16. The number of fused-ring (bicyclic) bond motifs is 1. The van der Waals surface area contributed by atoms with E-state index in [1.807, 2.05) is 6.92 Å². The Kier molecular flexibility index (Phi) is 5.13. The van der Waals surface area contributed by atoms with Crippen LogP contribution < -0.4 is 0 Å². The summed E-state index contributed by atoms with van der Waals surface area (Å²) in [6.45, 7) is 16.2. The number of rotatable bonds is 4. The van der Waals surface area contributed by atoms with Crippen LogP contribution in [0.25, 0.3) is 0 Å². The van der Waals surface area contributed by atoms with E-state index in [1.165, 1.54) is 30.9 Å². The van der Waals surface area contributed by atoms with Crippen LogP contribution in [-0.4, -0.2) is 11.1 Å². The fourth-order valence-electron chi connectivity index (χ4n) is 5.54. The number of aliphatic carboxylic acids is 1. The molecular formula is C21H34O2. The molecule has 0 heterocycles. The lowest BCUT2D eigenvalue weighted by Gasteiger charge is -2.60. The maximum Gasteiger partial charge on any atom is 0.328 e. The van der Waals surface area contributed by atoms with Crippen LogP contribution in [0.15, 0.2) is 23.8 Å². The highest BCUT2D eigenvalue weighted by Crippen LogP contribution is 2.63. The molecule has 0 aromatic rings. The Bertz CT molecular complexity index is 514. The van der Waals surface area contributed by atoms with Gasteiger partial charge in [-0.15, -0.1) is 0 Å². The molecule has 2 aliphatic carbocycles. The molecule has 0 aromatic carbocycles. The number of carboxylic acid groups (broad SMARTS) is 1. The molecule has 0 aromatic heterocycles. The predicted molar refractivity (Wildman–Crippen MR) is 96.3 cm³/mol. The summed E-state index contributed by atoms with van der Waals surface area (Å²) >= 11 is 0. The van der Waals surface area contributed by atoms with Crippen molar-refractivity contribution in [3.05, 3.63) is 23.8 Å². The van der Waals surface area contributed by atoms with Crippen LogP contribution in [-0.2, 0) is 4.79 Å². The highest BCUT2D eigenvalue weighted by molar-refractivity contribution is 5.80. The van der Waals surface area contributed by atoms with E-state index in [4.69, 9.17) is 5.11 Å². The third-order valence-electron chi connectivity index (χ3n) is 7.32. The molecule has 2 aliphatic rings. The maximum absolute atomic E-state index is 10.8. The SMILES string of the molecule is C=C1CC[C@H]2C(C)(C)[C@@H](C)CC[C@]2(C)[C@H]1CC/C(C)=C/C(=O)O. The summed E-state index contributed by atoms with van der Waals surface area (Å²) in [7, 11) is 0. The molecule has 130 valence electrons. The second kappa shape index (κ2) is 6.45. The molecule has 1 N–H and O–H groups in total. The van der Waals surface area contributed by atoms with Crippen LogP contribution in [0.4, 0.5) is 0 Å². The van der Waals surface area contributed by atoms with Gasteiger partial charge in [0.05, 0.1) is 0 Å². The lowest BCUT2D eigenvalue weighted by Crippen LogP contribution is -2.52. The Morgan fingerprint density at radius 3 is 2.61 bits per heavy atom. The zero-order chi connectivity index (χ0) is 17.4. The van der Waals surface area contributed by atoms with Gasteiger partial charge in [-0.1, -0.05) is 45.4 Å². The van der Waals surface area contributed by atoms with E-state index in [2.05, 4.69) is 34.3 Å². The van der Waals surface area contributed by atoms with E-state index in [0.717, 1.165) is 36.7 Å². The van der Waals surface area contributed by atoms with Crippen LogP contribution in [0.1, 0.15) is 73.1 Å². The topological polar surface area (TPSA) is 37.3 Å². The molecule has 4 atom stereocenters. The number of hydrogen-bond donors (Lipinski definition) is 1. The summed E-state index contributed by atoms with van der Waals surface area (Å²) in [5.74, 6) is 1.23. The van der Waals surface area contributed by atoms with Crippen molar-refractivity contribution in [3.8, 4) is 0 Å². The van der Waals surface area contributed by atoms with Gasteiger partial charge >= 0.3 is 5.97 Å². The van der Waals surface area contributed by atoms with Gasteiger partial charge in [0, 0.05) is 6.08 Å². The number of allylic oxidation sites excluding steroid dienone is 2. The second-order valence-electron chi connectivity index (χ2n) is 8.94. The zero-order valence-electron chi connectivity index (χ0n) is 15.6. The minimum Gasteiger partial charge on any atom is -0.478 e. The van der Waals surface area contributed by atoms with E-state index in [9.17, 15) is 4.79 Å². The molecule has 2 rings (SSSR count). The van der Waals surface area contributed by atoms with Crippen molar-refractivity contribution in [2.45, 2.75) is 73.1 Å². The summed E-state index contributed by atoms with van der Waals surface area (Å²) < 4.78 is 0. The Morgan fingerprint density at radius 2 is 2.00 bits per heavy atom. The van der Waals surface area contributed by atoms with Crippen molar-refractivity contribution < 1.29 is 9.90 Å². The summed E-state index contributed by atoms with van der Waals surface area (Å²) in [6.07, 6.45) is 8.27. The van der Waals surface area contributed by atoms with Crippen LogP contribution in [0.3, 0.4) is 0 Å². The molecule has 2 fully saturated rings. The Morgan fingerprint density at radius 1 is 1.35 bits per heavy atom. The average molecular weight is 319 g/mol. The normalized spacial score (nSPS) is 37.3. The van der Waals surface area contributed by atoms with Crippen molar-refractivity contribution in [2.24, 2.45) is 28.6 Å². The minimum absolute atomic E-state index is 0.328. The quantitative estimate of drug-likeness (QED) is 0.522. The molecule has 2 nitrogen and oxygen atoms in total. The van der Waals surface area contributed by atoms with Gasteiger partial charge in [0.25, 0.3) is 0 Å². The first-order chi connectivity index (χ1) is 10.6. The first-order valence-corrected chi connectivity index (χ1v) is 9.16. The van der Waals surface area contributed by atoms with Gasteiger partial charge in [0.2, 0.25) is 0 Å². The first kappa shape index (κ1) is 18.3. The van der Waals surface area contributed by atoms with Gasteiger partial charge in [-0.25, -0.2) is 4.79 Å². The second-order valence-corrected chi connectivity index (χ2v) is 8.94. The molecule has 0 radical (unpaired) electrons. The van der Waals surface area contributed by atoms with Crippen molar-refractivity contribution in [3.63, 3.8) is 0 Å². The van der Waals surface area contributed by atoms with Crippen LogP contribution >= 0.6 is 0 Å². The molecule has 23 heavy (non-hydrogen) atoms. The molecule has 0 spiro atoms. The van der Waals surface area contributed by atoms with Gasteiger partial charge < -0.3 is 5.11 Å². The van der Waals surface area contributed by atoms with Crippen LogP contribution in [0.5, 0.6) is 0 Å². The van der Waals surface area contributed by atoms with Gasteiger partial charge in [0.15, 0.2) is 0 Å². The predicted octanol–water partition coefficient (Wildman–Crippen LogP) is 5.84. The third-order valence-corrected chi connectivity index (χ3v) is 7.32. The molecule has 0 aliphatic heterocycles. The third kappa shape index (κ3) is 3.41. The molecule has 2 heteroatoms. The Labute approximate surface area is 142 Å². The summed E-state index contributed by atoms with van der Waals surface area (Å²) in [5, 5.41) is 8.91. The smallest absolute Gasteiger partial charge is 0.328 e. The minimum atomic E-state index is -0.832. The van der Waals surface area contributed by atoms with E-state index in [1.54, 1.807) is 0 Å². The molecule has 0 bridgehead atoms. The molecule has 2 saturated carbocycles. The number of carboxylic acids is 1. The van der Waals surface area contributed by atoms with Crippen molar-refractivity contribution in [1.29, 1.82) is 0 Å². The van der Waals surface area contributed by atoms with Crippen molar-refractivity contribution >= 4 is 5.97 Å². The van der Waals surface area contributed by atoms with E-state index in [0.29, 0.717) is 16.7 Å². The van der Waals surface area contributed by atoms with Crippen molar-refractivity contribution in [1.82, 2.24) is 0 Å². The van der Waals surface area contributed by atoms with Crippen LogP contribution in [0, 0.1) is 28.6 Å². The monoisotopic (exact) mass is 318 g/mol. The van der Waals surface area contributed by atoms with Crippen molar-refractivity contribution in [2.75, 3.05) is 0 Å². The van der Waals surface area contributed by atoms with Gasteiger partial charge in [0.1, 0.15) is 0 Å².